The summed E-state index contributed by atoms with van der Waals surface area (Å²) in [6, 6.07) is 8.90. The minimum Gasteiger partial charge on any atom is -0.493 e. The quantitative estimate of drug-likeness (QED) is 0.461. The lowest BCUT2D eigenvalue weighted by molar-refractivity contribution is 0.0761. The number of sulfonamides is 1. The van der Waals surface area contributed by atoms with Gasteiger partial charge in [0.25, 0.3) is 15.9 Å². The van der Waals surface area contributed by atoms with Gasteiger partial charge in [-0.15, -0.1) is 0 Å². The molecule has 2 aromatic rings. The Hall–Kier alpha value is -2.49. The Labute approximate surface area is 213 Å². The Bertz CT molecular complexity index is 1130. The summed E-state index contributed by atoms with van der Waals surface area (Å²) >= 11 is 6.36. The summed E-state index contributed by atoms with van der Waals surface area (Å²) in [5.41, 5.74) is 0.530. The molecule has 0 spiro atoms. The van der Waals surface area contributed by atoms with Crippen molar-refractivity contribution in [3.63, 3.8) is 0 Å². The molecule has 0 saturated carbocycles. The smallest absolute Gasteiger partial charge is 0.262 e. The molecule has 8 nitrogen and oxygen atoms in total. The van der Waals surface area contributed by atoms with E-state index >= 15 is 0 Å². The number of rotatable bonds is 10. The first-order valence-electron chi connectivity index (χ1n) is 11.8. The number of unbranched alkanes of at least 4 members (excludes halogenated alkanes) is 2. The first-order valence-corrected chi connectivity index (χ1v) is 13.7. The third-order valence-electron chi connectivity index (χ3n) is 6.07. The lowest BCUT2D eigenvalue weighted by atomic mass is 10.1. The zero-order valence-corrected chi connectivity index (χ0v) is 22.1. The highest BCUT2D eigenvalue weighted by Gasteiger charge is 2.23. The molecule has 1 aliphatic heterocycles. The summed E-state index contributed by atoms with van der Waals surface area (Å²) in [6.07, 6.45) is 4.45. The molecule has 10 heteroatoms. The molecule has 0 radical (unpaired) electrons. The van der Waals surface area contributed by atoms with Crippen molar-refractivity contribution >= 4 is 33.2 Å². The predicted octanol–water partition coefficient (Wildman–Crippen LogP) is 4.50. The summed E-state index contributed by atoms with van der Waals surface area (Å²) in [4.78, 5) is 17.5. The van der Waals surface area contributed by atoms with E-state index in [1.165, 1.54) is 69.9 Å². The van der Waals surface area contributed by atoms with Gasteiger partial charge in [0.15, 0.2) is 11.5 Å². The van der Waals surface area contributed by atoms with E-state index < -0.39 is 10.0 Å². The highest BCUT2D eigenvalue weighted by Crippen LogP contribution is 2.31. The van der Waals surface area contributed by atoms with Gasteiger partial charge in [0.1, 0.15) is 0 Å². The molecule has 1 amide bonds. The van der Waals surface area contributed by atoms with Crippen LogP contribution in [0.25, 0.3) is 0 Å². The Morgan fingerprint density at radius 1 is 1.00 bits per heavy atom. The molecule has 3 rings (SSSR count). The van der Waals surface area contributed by atoms with Crippen LogP contribution in [0.15, 0.2) is 41.3 Å². The van der Waals surface area contributed by atoms with Crippen LogP contribution in [0.3, 0.4) is 0 Å². The van der Waals surface area contributed by atoms with Crippen LogP contribution in [-0.2, 0) is 10.0 Å². The Balaban J connectivity index is 1.74. The summed E-state index contributed by atoms with van der Waals surface area (Å²) in [6.45, 7) is 6.27. The monoisotopic (exact) mass is 523 g/mol. The second-order valence-corrected chi connectivity index (χ2v) is 10.6. The van der Waals surface area contributed by atoms with Crippen molar-refractivity contribution in [1.29, 1.82) is 0 Å². The van der Waals surface area contributed by atoms with Crippen molar-refractivity contribution in [1.82, 2.24) is 9.80 Å². The molecule has 0 unspecified atom stereocenters. The van der Waals surface area contributed by atoms with Crippen molar-refractivity contribution in [3.05, 3.63) is 47.0 Å². The number of halogens is 1. The zero-order valence-electron chi connectivity index (χ0n) is 20.5. The number of carbonyl (C=O) groups is 1. The maximum Gasteiger partial charge on any atom is 0.262 e. The molecule has 2 aromatic carbocycles. The Morgan fingerprint density at radius 2 is 1.77 bits per heavy atom. The van der Waals surface area contributed by atoms with Crippen molar-refractivity contribution in [2.45, 2.75) is 37.5 Å². The maximum atomic E-state index is 13.3. The van der Waals surface area contributed by atoms with E-state index in [0.717, 1.165) is 26.1 Å². The van der Waals surface area contributed by atoms with Crippen LogP contribution in [0.4, 0.5) is 5.69 Å². The van der Waals surface area contributed by atoms with E-state index in [4.69, 9.17) is 21.1 Å². The lowest BCUT2D eigenvalue weighted by Gasteiger charge is -2.22. The standard InChI is InChI=1S/C25H34ClN3O5S/c1-4-5-6-12-28-13-7-14-29(16-15-28)25(30)21-17-19(8-10-22(21)26)27-35(31,32)20-9-11-23(33-2)24(18-20)34-3/h8-11,17-18,27H,4-7,12-16H2,1-3H3. The van der Waals surface area contributed by atoms with Crippen LogP contribution >= 0.6 is 11.6 Å². The molecule has 1 N–H and O–H groups in total. The van der Waals surface area contributed by atoms with Gasteiger partial charge in [0.05, 0.1) is 29.7 Å². The normalized spacial score (nSPS) is 14.9. The molecule has 0 aromatic heterocycles. The lowest BCUT2D eigenvalue weighted by Crippen LogP contribution is -2.35. The van der Waals surface area contributed by atoms with E-state index in [-0.39, 0.29) is 27.1 Å². The number of methoxy groups -OCH3 is 2. The summed E-state index contributed by atoms with van der Waals surface area (Å²) in [7, 11) is -1.02. The number of nitrogens with zero attached hydrogens (tertiary/aromatic N) is 2. The van der Waals surface area contributed by atoms with E-state index in [2.05, 4.69) is 16.5 Å². The van der Waals surface area contributed by atoms with Gasteiger partial charge in [-0.1, -0.05) is 31.4 Å². The number of hydrogen-bond donors (Lipinski definition) is 1. The van der Waals surface area contributed by atoms with Gasteiger partial charge in [0.2, 0.25) is 0 Å². The van der Waals surface area contributed by atoms with Crippen LogP contribution < -0.4 is 14.2 Å². The summed E-state index contributed by atoms with van der Waals surface area (Å²) in [5.74, 6) is 0.525. The van der Waals surface area contributed by atoms with Crippen molar-refractivity contribution < 1.29 is 22.7 Å². The molecule has 1 aliphatic rings. The van der Waals surface area contributed by atoms with Gasteiger partial charge in [0, 0.05) is 31.4 Å². The second-order valence-electron chi connectivity index (χ2n) is 8.51. The Morgan fingerprint density at radius 3 is 2.49 bits per heavy atom. The number of hydrogen-bond acceptors (Lipinski definition) is 6. The molecule has 0 bridgehead atoms. The fraction of sp³-hybridized carbons (Fsp3) is 0.480. The van der Waals surface area contributed by atoms with E-state index in [1.807, 2.05) is 0 Å². The SMILES string of the molecule is CCCCCN1CCCN(C(=O)c2cc(NS(=O)(=O)c3ccc(OC)c(OC)c3)ccc2Cl)CC1. The largest absolute Gasteiger partial charge is 0.493 e. The van der Waals surface area contributed by atoms with Crippen molar-refractivity contribution in [3.8, 4) is 11.5 Å². The molecule has 0 aliphatic carbocycles. The topological polar surface area (TPSA) is 88.2 Å². The van der Waals surface area contributed by atoms with Gasteiger partial charge in [-0.05, 0) is 56.3 Å². The Kier molecular flexibility index (Phi) is 9.65. The summed E-state index contributed by atoms with van der Waals surface area (Å²) < 4.78 is 38.9. The molecule has 1 fully saturated rings. The average Bonchev–Trinajstić information content (AvgIpc) is 3.10. The maximum absolute atomic E-state index is 13.3. The molecule has 1 saturated heterocycles. The zero-order chi connectivity index (χ0) is 25.4. The fourth-order valence-electron chi connectivity index (χ4n) is 4.10. The molecule has 35 heavy (non-hydrogen) atoms. The highest BCUT2D eigenvalue weighted by molar-refractivity contribution is 7.92. The van der Waals surface area contributed by atoms with Gasteiger partial charge < -0.3 is 19.3 Å². The van der Waals surface area contributed by atoms with Crippen LogP contribution in [0.1, 0.15) is 43.0 Å². The summed E-state index contributed by atoms with van der Waals surface area (Å²) in [5, 5.41) is 0.285. The second kappa shape index (κ2) is 12.5. The van der Waals surface area contributed by atoms with Gasteiger partial charge in [-0.25, -0.2) is 8.42 Å². The number of ether oxygens (including phenoxy) is 2. The minimum absolute atomic E-state index is 0.00802. The van der Waals surface area contributed by atoms with Crippen molar-refractivity contribution in [2.24, 2.45) is 0 Å². The molecule has 192 valence electrons. The highest BCUT2D eigenvalue weighted by atomic mass is 35.5. The van der Waals surface area contributed by atoms with Gasteiger partial charge >= 0.3 is 0 Å². The molecular weight excluding hydrogens is 490 g/mol. The van der Waals surface area contributed by atoms with Crippen LogP contribution in [0.5, 0.6) is 11.5 Å². The molecule has 0 atom stereocenters. The molecular formula is C25H34ClN3O5S. The van der Waals surface area contributed by atoms with Gasteiger partial charge in [-0.3, -0.25) is 9.52 Å². The van der Waals surface area contributed by atoms with Crippen LogP contribution in [0.2, 0.25) is 5.02 Å². The first-order chi connectivity index (χ1) is 16.8. The van der Waals surface area contributed by atoms with Crippen LogP contribution in [-0.4, -0.2) is 71.1 Å². The predicted molar refractivity (Wildman–Crippen MR) is 138 cm³/mol. The molecule has 1 heterocycles. The van der Waals surface area contributed by atoms with E-state index in [1.54, 1.807) is 4.90 Å². The van der Waals surface area contributed by atoms with Crippen LogP contribution in [0, 0.1) is 0 Å². The number of benzene rings is 2. The first kappa shape index (κ1) is 27.1. The van der Waals surface area contributed by atoms with Crippen molar-refractivity contribution in [2.75, 3.05) is 51.7 Å². The third kappa shape index (κ3) is 7.02. The van der Waals surface area contributed by atoms with E-state index in [9.17, 15) is 13.2 Å². The number of nitrogens with one attached hydrogen (secondary N) is 1. The fourth-order valence-corrected chi connectivity index (χ4v) is 5.37. The van der Waals surface area contributed by atoms with Gasteiger partial charge in [-0.2, -0.15) is 0 Å². The number of amides is 1. The average molecular weight is 524 g/mol. The minimum atomic E-state index is -3.94. The number of anilines is 1. The third-order valence-corrected chi connectivity index (χ3v) is 7.78. The number of carbonyl (C=O) groups excluding carboxylic acids is 1. The van der Waals surface area contributed by atoms with E-state index in [0.29, 0.717) is 24.6 Å².